The molecule has 5 nitrogen and oxygen atoms in total. The molecule has 0 bridgehead atoms. The van der Waals surface area contributed by atoms with Gasteiger partial charge in [0, 0.05) is 21.1 Å². The third kappa shape index (κ3) is 2.58. The molecule has 0 saturated heterocycles. The van der Waals surface area contributed by atoms with Gasteiger partial charge in [-0.25, -0.2) is 9.97 Å². The first kappa shape index (κ1) is 12.3. The summed E-state index contributed by atoms with van der Waals surface area (Å²) in [5.74, 6) is 0.417. The number of nitrogens with zero attached hydrogens (tertiary/aromatic N) is 4. The molecule has 0 aliphatic rings. The van der Waals surface area contributed by atoms with Gasteiger partial charge in [-0.15, -0.1) is 0 Å². The smallest absolute Gasteiger partial charge is 0.212 e. The Kier molecular flexibility index (Phi) is 3.45. The van der Waals surface area contributed by atoms with Crippen LogP contribution in [-0.2, 0) is 13.6 Å². The first-order valence-corrected chi connectivity index (χ1v) is 5.61. The third-order valence-corrected chi connectivity index (χ3v) is 2.66. The van der Waals surface area contributed by atoms with Gasteiger partial charge >= 0.3 is 0 Å². The fraction of sp³-hybridized carbons (Fsp3) is 0.333. The van der Waals surface area contributed by atoms with Gasteiger partial charge in [-0.3, -0.25) is 0 Å². The fourth-order valence-electron chi connectivity index (χ4n) is 1.69. The minimum Gasteiger partial charge on any atom is -0.378 e. The van der Waals surface area contributed by atoms with Crippen molar-refractivity contribution in [2.24, 2.45) is 7.05 Å². The lowest BCUT2D eigenvalue weighted by molar-refractivity contribution is 0.584. The maximum atomic E-state index is 12.6. The second kappa shape index (κ2) is 5.03. The van der Waals surface area contributed by atoms with Crippen LogP contribution in [0.2, 0.25) is 0 Å². The molecule has 18 heavy (non-hydrogen) atoms. The van der Waals surface area contributed by atoms with E-state index in [1.165, 1.54) is 12.3 Å². The van der Waals surface area contributed by atoms with Gasteiger partial charge in [0.25, 0.3) is 0 Å². The molecule has 0 atom stereocenters. The van der Waals surface area contributed by atoms with Crippen molar-refractivity contribution in [1.82, 2.24) is 14.5 Å². The van der Waals surface area contributed by atoms with Crippen LogP contribution in [0.1, 0.15) is 5.69 Å². The fourth-order valence-corrected chi connectivity index (χ4v) is 1.69. The SMILES string of the molecule is CN(C)c1ncc(CNc2ccc(F)nc2)n1C. The summed E-state index contributed by atoms with van der Waals surface area (Å²) in [6, 6.07) is 2.99. The van der Waals surface area contributed by atoms with E-state index in [9.17, 15) is 4.39 Å². The highest BCUT2D eigenvalue weighted by molar-refractivity contribution is 5.41. The van der Waals surface area contributed by atoms with Crippen LogP contribution in [0.4, 0.5) is 16.0 Å². The molecular formula is C12H16FN5. The summed E-state index contributed by atoms with van der Waals surface area (Å²) in [7, 11) is 5.86. The minimum absolute atomic E-state index is 0.476. The van der Waals surface area contributed by atoms with Crippen molar-refractivity contribution in [1.29, 1.82) is 0 Å². The second-order valence-electron chi connectivity index (χ2n) is 4.23. The first-order chi connectivity index (χ1) is 8.58. The Morgan fingerprint density at radius 1 is 1.28 bits per heavy atom. The summed E-state index contributed by atoms with van der Waals surface area (Å²) in [5.41, 5.74) is 1.83. The molecule has 0 aliphatic carbocycles. The summed E-state index contributed by atoms with van der Waals surface area (Å²) in [6.07, 6.45) is 3.29. The molecule has 0 radical (unpaired) electrons. The number of anilines is 2. The van der Waals surface area contributed by atoms with Crippen molar-refractivity contribution in [3.8, 4) is 0 Å². The minimum atomic E-state index is -0.476. The summed E-state index contributed by atoms with van der Waals surface area (Å²) < 4.78 is 14.7. The lowest BCUT2D eigenvalue weighted by atomic mass is 10.4. The van der Waals surface area contributed by atoms with E-state index >= 15 is 0 Å². The second-order valence-corrected chi connectivity index (χ2v) is 4.23. The number of halogens is 1. The van der Waals surface area contributed by atoms with Crippen molar-refractivity contribution in [2.75, 3.05) is 24.3 Å². The molecule has 0 amide bonds. The van der Waals surface area contributed by atoms with Crippen LogP contribution in [0.5, 0.6) is 0 Å². The zero-order chi connectivity index (χ0) is 13.1. The van der Waals surface area contributed by atoms with Crippen LogP contribution < -0.4 is 10.2 Å². The molecule has 0 unspecified atom stereocenters. The summed E-state index contributed by atoms with van der Waals surface area (Å²) in [6.45, 7) is 0.616. The van der Waals surface area contributed by atoms with E-state index in [4.69, 9.17) is 0 Å². The van der Waals surface area contributed by atoms with Crippen molar-refractivity contribution < 1.29 is 4.39 Å². The van der Waals surface area contributed by atoms with Crippen molar-refractivity contribution in [3.63, 3.8) is 0 Å². The van der Waals surface area contributed by atoms with E-state index in [2.05, 4.69) is 15.3 Å². The Bertz CT molecular complexity index is 518. The predicted octanol–water partition coefficient (Wildman–Crippen LogP) is 1.63. The standard InChI is InChI=1S/C12H16FN5/c1-17(2)12-16-8-10(18(12)3)7-14-9-4-5-11(13)15-6-9/h4-6,8,14H,7H2,1-3H3. The average Bonchev–Trinajstić information content (AvgIpc) is 2.70. The van der Waals surface area contributed by atoms with Gasteiger partial charge in [-0.1, -0.05) is 0 Å². The van der Waals surface area contributed by atoms with E-state index < -0.39 is 5.95 Å². The van der Waals surface area contributed by atoms with Crippen molar-refractivity contribution in [3.05, 3.63) is 36.2 Å². The van der Waals surface area contributed by atoms with Gasteiger partial charge in [0.05, 0.1) is 30.3 Å². The largest absolute Gasteiger partial charge is 0.378 e. The summed E-state index contributed by atoms with van der Waals surface area (Å²) in [5, 5.41) is 3.17. The third-order valence-electron chi connectivity index (χ3n) is 2.66. The summed E-state index contributed by atoms with van der Waals surface area (Å²) >= 11 is 0. The highest BCUT2D eigenvalue weighted by atomic mass is 19.1. The molecule has 0 aliphatic heterocycles. The van der Waals surface area contributed by atoms with Crippen LogP contribution >= 0.6 is 0 Å². The zero-order valence-corrected chi connectivity index (χ0v) is 10.7. The van der Waals surface area contributed by atoms with Crippen LogP contribution in [0.15, 0.2) is 24.5 Å². The monoisotopic (exact) mass is 249 g/mol. The Balaban J connectivity index is 2.04. The summed E-state index contributed by atoms with van der Waals surface area (Å²) in [4.78, 5) is 9.85. The molecule has 1 N–H and O–H groups in total. The topological polar surface area (TPSA) is 46.0 Å². The van der Waals surface area contributed by atoms with Gasteiger partial charge in [0.1, 0.15) is 0 Å². The predicted molar refractivity (Wildman–Crippen MR) is 69.1 cm³/mol. The van der Waals surface area contributed by atoms with Crippen molar-refractivity contribution in [2.45, 2.75) is 6.54 Å². The van der Waals surface area contributed by atoms with E-state index in [-0.39, 0.29) is 0 Å². The average molecular weight is 249 g/mol. The molecule has 2 aromatic rings. The lowest BCUT2D eigenvalue weighted by Gasteiger charge is -2.13. The first-order valence-electron chi connectivity index (χ1n) is 5.61. The molecule has 0 saturated carbocycles. The molecule has 0 fully saturated rings. The van der Waals surface area contributed by atoms with Crippen molar-refractivity contribution >= 4 is 11.6 Å². The molecule has 2 heterocycles. The van der Waals surface area contributed by atoms with E-state index in [0.717, 1.165) is 17.3 Å². The number of hydrogen-bond acceptors (Lipinski definition) is 4. The van der Waals surface area contributed by atoms with E-state index in [1.807, 2.05) is 36.8 Å². The van der Waals surface area contributed by atoms with Gasteiger partial charge in [0.15, 0.2) is 0 Å². The maximum absolute atomic E-state index is 12.6. The van der Waals surface area contributed by atoms with E-state index in [0.29, 0.717) is 6.54 Å². The van der Waals surface area contributed by atoms with Gasteiger partial charge in [-0.05, 0) is 12.1 Å². The Morgan fingerprint density at radius 2 is 2.06 bits per heavy atom. The lowest BCUT2D eigenvalue weighted by Crippen LogP contribution is -2.15. The number of rotatable bonds is 4. The van der Waals surface area contributed by atoms with Crippen LogP contribution in [0.3, 0.4) is 0 Å². The highest BCUT2D eigenvalue weighted by Crippen LogP contribution is 2.13. The maximum Gasteiger partial charge on any atom is 0.212 e. The zero-order valence-electron chi connectivity index (χ0n) is 10.7. The Labute approximate surface area is 105 Å². The highest BCUT2D eigenvalue weighted by Gasteiger charge is 2.07. The van der Waals surface area contributed by atoms with Gasteiger partial charge in [-0.2, -0.15) is 4.39 Å². The van der Waals surface area contributed by atoms with Gasteiger partial charge < -0.3 is 14.8 Å². The molecule has 2 aromatic heterocycles. The van der Waals surface area contributed by atoms with Gasteiger partial charge in [0.2, 0.25) is 11.9 Å². The number of nitrogens with one attached hydrogen (secondary N) is 1. The Hall–Kier alpha value is -2.11. The molecule has 96 valence electrons. The number of imidazole rings is 1. The van der Waals surface area contributed by atoms with E-state index in [1.54, 1.807) is 6.07 Å². The molecule has 6 heteroatoms. The van der Waals surface area contributed by atoms with Crippen LogP contribution in [-0.4, -0.2) is 28.6 Å². The number of hydrogen-bond donors (Lipinski definition) is 1. The molecule has 2 rings (SSSR count). The van der Waals surface area contributed by atoms with Crippen LogP contribution in [0.25, 0.3) is 0 Å². The quantitative estimate of drug-likeness (QED) is 0.837. The molecular weight excluding hydrogens is 233 g/mol. The Morgan fingerprint density at radius 3 is 2.61 bits per heavy atom. The number of aromatic nitrogens is 3. The molecule has 0 aromatic carbocycles. The van der Waals surface area contributed by atoms with Crippen LogP contribution in [0, 0.1) is 5.95 Å². The normalized spacial score (nSPS) is 10.4. The number of pyridine rings is 1. The molecule has 0 spiro atoms.